The third kappa shape index (κ3) is 2.68. The molecular formula is C19H25NO3. The molecule has 5 rings (SSSR count). The Labute approximate surface area is 137 Å². The van der Waals surface area contributed by atoms with E-state index in [1.807, 2.05) is 13.0 Å². The van der Waals surface area contributed by atoms with Crippen molar-refractivity contribution in [2.24, 2.45) is 23.7 Å². The fourth-order valence-electron chi connectivity index (χ4n) is 5.30. The lowest BCUT2D eigenvalue weighted by atomic mass is 9.55. The summed E-state index contributed by atoms with van der Waals surface area (Å²) in [6.07, 6.45) is 6.03. The molecule has 4 bridgehead atoms. The summed E-state index contributed by atoms with van der Waals surface area (Å²) in [6, 6.07) is 3.57. The topological polar surface area (TPSA) is 58.6 Å². The number of carbonyl (C=O) groups excluding carboxylic acids is 1. The van der Waals surface area contributed by atoms with E-state index in [9.17, 15) is 9.90 Å². The van der Waals surface area contributed by atoms with Crippen molar-refractivity contribution in [1.29, 1.82) is 0 Å². The van der Waals surface area contributed by atoms with E-state index >= 15 is 0 Å². The molecule has 0 aromatic heterocycles. The van der Waals surface area contributed by atoms with Gasteiger partial charge in [0, 0.05) is 5.56 Å². The van der Waals surface area contributed by atoms with Gasteiger partial charge in [-0.3, -0.25) is 5.32 Å². The van der Waals surface area contributed by atoms with Gasteiger partial charge in [-0.2, -0.15) is 0 Å². The molecular weight excluding hydrogens is 290 g/mol. The Morgan fingerprint density at radius 1 is 1.09 bits per heavy atom. The zero-order valence-electron chi connectivity index (χ0n) is 13.8. The quantitative estimate of drug-likeness (QED) is 0.851. The Morgan fingerprint density at radius 2 is 1.70 bits per heavy atom. The average Bonchev–Trinajstić information content (AvgIpc) is 2.47. The second-order valence-electron chi connectivity index (χ2n) is 7.88. The van der Waals surface area contributed by atoms with Crippen LogP contribution in [0.2, 0.25) is 0 Å². The van der Waals surface area contributed by atoms with E-state index in [1.165, 1.54) is 32.1 Å². The van der Waals surface area contributed by atoms with Gasteiger partial charge >= 0.3 is 6.09 Å². The van der Waals surface area contributed by atoms with Gasteiger partial charge in [-0.15, -0.1) is 0 Å². The third-order valence-electron chi connectivity index (χ3n) is 6.14. The summed E-state index contributed by atoms with van der Waals surface area (Å²) in [4.78, 5) is 12.4. The summed E-state index contributed by atoms with van der Waals surface area (Å²) in [5.74, 6) is 3.07. The maximum absolute atomic E-state index is 12.4. The van der Waals surface area contributed by atoms with E-state index in [0.29, 0.717) is 23.1 Å². The van der Waals surface area contributed by atoms with Gasteiger partial charge in [0.25, 0.3) is 0 Å². The summed E-state index contributed by atoms with van der Waals surface area (Å²) < 4.78 is 5.83. The highest BCUT2D eigenvalue weighted by atomic mass is 16.6. The molecule has 0 aliphatic heterocycles. The second-order valence-corrected chi connectivity index (χ2v) is 7.88. The Morgan fingerprint density at radius 3 is 2.30 bits per heavy atom. The highest BCUT2D eigenvalue weighted by Crippen LogP contribution is 2.54. The van der Waals surface area contributed by atoms with E-state index in [0.717, 1.165) is 17.4 Å². The Kier molecular flexibility index (Phi) is 3.51. The predicted octanol–water partition coefficient (Wildman–Crippen LogP) is 4.38. The summed E-state index contributed by atoms with van der Waals surface area (Å²) in [5, 5.41) is 12.7. The van der Waals surface area contributed by atoms with Gasteiger partial charge < -0.3 is 9.84 Å². The van der Waals surface area contributed by atoms with Crippen molar-refractivity contribution < 1.29 is 14.6 Å². The van der Waals surface area contributed by atoms with Gasteiger partial charge in [0.1, 0.15) is 11.9 Å². The van der Waals surface area contributed by atoms with E-state index < -0.39 is 0 Å². The second kappa shape index (κ2) is 5.43. The first-order valence-corrected chi connectivity index (χ1v) is 8.77. The smallest absolute Gasteiger partial charge is 0.411 e. The summed E-state index contributed by atoms with van der Waals surface area (Å²) in [6.45, 7) is 3.70. The molecule has 4 saturated carbocycles. The highest BCUT2D eigenvalue weighted by molar-refractivity contribution is 5.86. The number of nitrogens with one attached hydrogen (secondary N) is 1. The normalized spacial score (nSPS) is 34.4. The molecule has 1 aromatic carbocycles. The molecule has 23 heavy (non-hydrogen) atoms. The van der Waals surface area contributed by atoms with E-state index in [1.54, 1.807) is 13.0 Å². The Bertz CT molecular complexity index is 612. The Hall–Kier alpha value is -1.71. The number of aryl methyl sites for hydroxylation is 1. The van der Waals surface area contributed by atoms with Gasteiger partial charge in [-0.25, -0.2) is 4.79 Å². The van der Waals surface area contributed by atoms with Gasteiger partial charge in [-0.05, 0) is 87.3 Å². The SMILES string of the molecule is Cc1cc(O)c(C)c(NC(=O)OC2C3CC4CC(C3)CC2C4)c1. The molecule has 0 atom stereocenters. The summed E-state index contributed by atoms with van der Waals surface area (Å²) in [7, 11) is 0. The molecule has 4 aliphatic rings. The van der Waals surface area contributed by atoms with Crippen LogP contribution in [-0.4, -0.2) is 17.3 Å². The molecule has 0 heterocycles. The first-order valence-electron chi connectivity index (χ1n) is 8.77. The first kappa shape index (κ1) is 14.9. The number of phenols is 1. The number of hydrogen-bond acceptors (Lipinski definition) is 3. The van der Waals surface area contributed by atoms with Crippen LogP contribution in [-0.2, 0) is 4.74 Å². The molecule has 4 aliphatic carbocycles. The maximum Gasteiger partial charge on any atom is 0.411 e. The minimum atomic E-state index is -0.379. The number of carbonyl (C=O) groups is 1. The van der Waals surface area contributed by atoms with Crippen molar-refractivity contribution in [3.8, 4) is 5.75 Å². The van der Waals surface area contributed by atoms with Gasteiger partial charge in [0.2, 0.25) is 0 Å². The van der Waals surface area contributed by atoms with Crippen LogP contribution >= 0.6 is 0 Å². The van der Waals surface area contributed by atoms with Crippen molar-refractivity contribution in [1.82, 2.24) is 0 Å². The number of phenolic OH excluding ortho intramolecular Hbond substituents is 1. The number of anilines is 1. The van der Waals surface area contributed by atoms with Crippen LogP contribution in [0.1, 0.15) is 43.2 Å². The number of amides is 1. The van der Waals surface area contributed by atoms with Crippen molar-refractivity contribution >= 4 is 11.8 Å². The molecule has 1 aromatic rings. The number of hydrogen-bond donors (Lipinski definition) is 2. The molecule has 1 amide bonds. The number of benzene rings is 1. The molecule has 0 spiro atoms. The molecule has 0 unspecified atom stereocenters. The van der Waals surface area contributed by atoms with E-state index in [4.69, 9.17) is 4.74 Å². The molecule has 4 fully saturated rings. The molecule has 0 saturated heterocycles. The van der Waals surface area contributed by atoms with E-state index in [2.05, 4.69) is 5.32 Å². The lowest BCUT2D eigenvalue weighted by Gasteiger charge is -2.53. The Balaban J connectivity index is 1.45. The van der Waals surface area contributed by atoms with Crippen molar-refractivity contribution in [3.05, 3.63) is 23.3 Å². The van der Waals surface area contributed by atoms with Crippen molar-refractivity contribution in [3.63, 3.8) is 0 Å². The summed E-state index contributed by atoms with van der Waals surface area (Å²) >= 11 is 0. The van der Waals surface area contributed by atoms with Gasteiger partial charge in [0.05, 0.1) is 5.69 Å². The van der Waals surface area contributed by atoms with Crippen LogP contribution in [0.3, 0.4) is 0 Å². The van der Waals surface area contributed by atoms with Crippen molar-refractivity contribution in [2.45, 2.75) is 52.1 Å². The largest absolute Gasteiger partial charge is 0.508 e. The van der Waals surface area contributed by atoms with Crippen LogP contribution in [0.15, 0.2) is 12.1 Å². The van der Waals surface area contributed by atoms with Crippen LogP contribution in [0, 0.1) is 37.5 Å². The fraction of sp³-hybridized carbons (Fsp3) is 0.632. The van der Waals surface area contributed by atoms with Gasteiger partial charge in [-0.1, -0.05) is 0 Å². The lowest BCUT2D eigenvalue weighted by Crippen LogP contribution is -2.50. The number of ether oxygens (including phenoxy) is 1. The zero-order valence-corrected chi connectivity index (χ0v) is 13.8. The average molecular weight is 315 g/mol. The number of aromatic hydroxyl groups is 1. The minimum Gasteiger partial charge on any atom is -0.508 e. The zero-order chi connectivity index (χ0) is 16.1. The van der Waals surface area contributed by atoms with Crippen molar-refractivity contribution in [2.75, 3.05) is 5.32 Å². The van der Waals surface area contributed by atoms with Crippen LogP contribution in [0.5, 0.6) is 5.75 Å². The minimum absolute atomic E-state index is 0.0847. The number of rotatable bonds is 2. The molecule has 0 radical (unpaired) electrons. The highest BCUT2D eigenvalue weighted by Gasteiger charge is 2.49. The first-order chi connectivity index (χ1) is 11.0. The van der Waals surface area contributed by atoms with E-state index in [-0.39, 0.29) is 17.9 Å². The third-order valence-corrected chi connectivity index (χ3v) is 6.14. The monoisotopic (exact) mass is 315 g/mol. The molecule has 2 N–H and O–H groups in total. The molecule has 4 nitrogen and oxygen atoms in total. The van der Waals surface area contributed by atoms with Crippen LogP contribution in [0.25, 0.3) is 0 Å². The fourth-order valence-corrected chi connectivity index (χ4v) is 5.30. The lowest BCUT2D eigenvalue weighted by molar-refractivity contribution is -0.0933. The predicted molar refractivity (Wildman–Crippen MR) is 88.5 cm³/mol. The summed E-state index contributed by atoms with van der Waals surface area (Å²) in [5.41, 5.74) is 2.23. The standard InChI is InChI=1S/C19H25NO3/c1-10-3-16(11(2)17(21)4-10)20-19(22)23-18-14-6-12-5-13(8-14)9-15(18)7-12/h3-4,12-15,18,21H,5-9H2,1-2H3,(H,20,22). The van der Waals surface area contributed by atoms with Crippen LogP contribution in [0.4, 0.5) is 10.5 Å². The molecule has 4 heteroatoms. The maximum atomic E-state index is 12.4. The van der Waals surface area contributed by atoms with Crippen LogP contribution < -0.4 is 5.32 Å². The van der Waals surface area contributed by atoms with Gasteiger partial charge in [0.15, 0.2) is 0 Å². The molecule has 124 valence electrons.